The Bertz CT molecular complexity index is 812. The van der Waals surface area contributed by atoms with Crippen molar-refractivity contribution in [2.24, 2.45) is 56.2 Å². The molecule has 0 aromatic rings. The van der Waals surface area contributed by atoms with Gasteiger partial charge in [-0.05, 0) is 108 Å². The van der Waals surface area contributed by atoms with Gasteiger partial charge in [-0.15, -0.1) is 0 Å². The summed E-state index contributed by atoms with van der Waals surface area (Å²) in [5, 5.41) is 22.5. The van der Waals surface area contributed by atoms with E-state index in [9.17, 15) is 10.2 Å². The van der Waals surface area contributed by atoms with E-state index in [1.807, 2.05) is 0 Å². The summed E-state index contributed by atoms with van der Waals surface area (Å²) in [6, 6.07) is 0. The van der Waals surface area contributed by atoms with Crippen molar-refractivity contribution in [1.82, 2.24) is 0 Å². The van der Waals surface area contributed by atoms with E-state index in [-0.39, 0.29) is 39.3 Å². The van der Waals surface area contributed by atoms with Crippen LogP contribution in [-0.2, 0) is 0 Å². The Morgan fingerprint density at radius 1 is 0.688 bits per heavy atom. The van der Waals surface area contributed by atoms with Gasteiger partial charge in [0.25, 0.3) is 0 Å². The number of aliphatic hydroxyl groups is 2. The molecular formula is C30H50O2. The van der Waals surface area contributed by atoms with Gasteiger partial charge in [0, 0.05) is 0 Å². The molecule has 4 fully saturated rings. The van der Waals surface area contributed by atoms with Gasteiger partial charge in [-0.3, -0.25) is 0 Å². The largest absolute Gasteiger partial charge is 0.393 e. The van der Waals surface area contributed by atoms with Crippen molar-refractivity contribution in [3.05, 3.63) is 12.2 Å². The number of hydrogen-bond acceptors (Lipinski definition) is 2. The molecule has 0 saturated heterocycles. The third-order valence-corrected chi connectivity index (χ3v) is 13.2. The first kappa shape index (κ1) is 23.4. The maximum atomic E-state index is 11.7. The average molecular weight is 443 g/mol. The molecule has 2 N–H and O–H groups in total. The van der Waals surface area contributed by atoms with Crippen molar-refractivity contribution in [1.29, 1.82) is 0 Å². The Morgan fingerprint density at radius 2 is 1.38 bits per heavy atom. The number of allylic oxidation sites excluding steroid dienone is 1. The van der Waals surface area contributed by atoms with Crippen LogP contribution in [0.1, 0.15) is 107 Å². The van der Waals surface area contributed by atoms with Crippen molar-refractivity contribution < 1.29 is 10.2 Å². The van der Waals surface area contributed by atoms with Crippen LogP contribution in [0.3, 0.4) is 0 Å². The lowest BCUT2D eigenvalue weighted by Gasteiger charge is -2.73. The molecule has 32 heavy (non-hydrogen) atoms. The van der Waals surface area contributed by atoms with Gasteiger partial charge in [-0.25, -0.2) is 0 Å². The zero-order valence-corrected chi connectivity index (χ0v) is 22.2. The van der Waals surface area contributed by atoms with Gasteiger partial charge in [0.15, 0.2) is 0 Å². The third kappa shape index (κ3) is 2.72. The molecule has 182 valence electrons. The van der Waals surface area contributed by atoms with Crippen LogP contribution in [-0.4, -0.2) is 22.4 Å². The summed E-state index contributed by atoms with van der Waals surface area (Å²) >= 11 is 0. The van der Waals surface area contributed by atoms with E-state index < -0.39 is 0 Å². The van der Waals surface area contributed by atoms with Crippen LogP contribution in [0, 0.1) is 56.2 Å². The van der Waals surface area contributed by atoms with Crippen molar-refractivity contribution in [2.45, 2.75) is 119 Å². The lowest BCUT2D eigenvalue weighted by atomic mass is 9.32. The van der Waals surface area contributed by atoms with Gasteiger partial charge in [-0.2, -0.15) is 0 Å². The number of fused-ring (bicyclic) bond motifs is 7. The first-order chi connectivity index (χ1) is 14.6. The smallest absolute Gasteiger partial charge is 0.0774 e. The summed E-state index contributed by atoms with van der Waals surface area (Å²) in [4.78, 5) is 0. The second-order valence-electron chi connectivity index (χ2n) is 15.4. The highest BCUT2D eigenvalue weighted by Crippen LogP contribution is 2.76. The standard InChI is InChI=1S/C30H50O2/c1-25(2)15-16-27(5)20(17-25)19-9-10-22-28(6)13-12-23(31)26(3,4)21(28)11-14-29(22,7)30(19,8)18-24(27)32/h12-13,19-24,31-32H,9-11,14-18H2,1-8H3/t19-,20+,21+,22-,23?,24?,27+,28+,29-,30-/m1/s1. The summed E-state index contributed by atoms with van der Waals surface area (Å²) in [5.74, 6) is 2.53. The maximum absolute atomic E-state index is 11.7. The number of aliphatic hydroxyl groups excluding tert-OH is 2. The topological polar surface area (TPSA) is 40.5 Å². The van der Waals surface area contributed by atoms with Gasteiger partial charge >= 0.3 is 0 Å². The minimum Gasteiger partial charge on any atom is -0.393 e. The van der Waals surface area contributed by atoms with Crippen LogP contribution in [0.25, 0.3) is 0 Å². The van der Waals surface area contributed by atoms with Crippen LogP contribution in [0.4, 0.5) is 0 Å². The second kappa shape index (κ2) is 6.66. The van der Waals surface area contributed by atoms with Gasteiger partial charge in [0.05, 0.1) is 12.2 Å². The van der Waals surface area contributed by atoms with Gasteiger partial charge in [0.2, 0.25) is 0 Å². The number of hydrogen-bond donors (Lipinski definition) is 2. The molecule has 5 aliphatic rings. The van der Waals surface area contributed by atoms with E-state index in [4.69, 9.17) is 0 Å². The fourth-order valence-corrected chi connectivity index (χ4v) is 10.8. The fraction of sp³-hybridized carbons (Fsp3) is 0.933. The molecule has 0 spiro atoms. The van der Waals surface area contributed by atoms with Gasteiger partial charge in [-0.1, -0.05) is 67.5 Å². The third-order valence-electron chi connectivity index (χ3n) is 13.2. The lowest BCUT2D eigenvalue weighted by Crippen LogP contribution is -2.68. The molecule has 5 aliphatic carbocycles. The fourth-order valence-electron chi connectivity index (χ4n) is 10.8. The predicted octanol–water partition coefficient (Wildman–Crippen LogP) is 7.00. The van der Waals surface area contributed by atoms with Crippen LogP contribution >= 0.6 is 0 Å². The average Bonchev–Trinajstić information content (AvgIpc) is 2.68. The van der Waals surface area contributed by atoms with Crippen LogP contribution in [0.2, 0.25) is 0 Å². The van der Waals surface area contributed by atoms with Crippen molar-refractivity contribution in [3.8, 4) is 0 Å². The summed E-state index contributed by atoms with van der Waals surface area (Å²) in [5.41, 5.74) is 1.00. The van der Waals surface area contributed by atoms with Crippen LogP contribution in [0.15, 0.2) is 12.2 Å². The van der Waals surface area contributed by atoms with E-state index in [0.29, 0.717) is 23.2 Å². The first-order valence-electron chi connectivity index (χ1n) is 13.7. The molecule has 2 heteroatoms. The maximum Gasteiger partial charge on any atom is 0.0774 e. The zero-order chi connectivity index (χ0) is 23.5. The molecule has 0 aliphatic heterocycles. The molecule has 5 rings (SSSR count). The molecule has 0 aromatic carbocycles. The molecule has 2 nitrogen and oxygen atoms in total. The Labute approximate surface area is 197 Å². The van der Waals surface area contributed by atoms with E-state index >= 15 is 0 Å². The highest BCUT2D eigenvalue weighted by Gasteiger charge is 2.70. The Balaban J connectivity index is 1.57. The Morgan fingerprint density at radius 3 is 2.06 bits per heavy atom. The first-order valence-corrected chi connectivity index (χ1v) is 13.7. The van der Waals surface area contributed by atoms with Crippen LogP contribution < -0.4 is 0 Å². The molecule has 10 atom stereocenters. The van der Waals surface area contributed by atoms with E-state index in [2.05, 4.69) is 67.5 Å². The molecule has 0 aromatic heterocycles. The summed E-state index contributed by atoms with van der Waals surface area (Å²) in [6.07, 6.45) is 13.8. The van der Waals surface area contributed by atoms with Gasteiger partial charge < -0.3 is 10.2 Å². The summed E-state index contributed by atoms with van der Waals surface area (Å²) < 4.78 is 0. The monoisotopic (exact) mass is 442 g/mol. The van der Waals surface area contributed by atoms with E-state index in [1.165, 1.54) is 44.9 Å². The summed E-state index contributed by atoms with van der Waals surface area (Å²) in [6.45, 7) is 19.7. The van der Waals surface area contributed by atoms with Gasteiger partial charge in [0.1, 0.15) is 0 Å². The minimum atomic E-state index is -0.335. The lowest BCUT2D eigenvalue weighted by molar-refractivity contribution is -0.256. The van der Waals surface area contributed by atoms with E-state index in [0.717, 1.165) is 12.3 Å². The summed E-state index contributed by atoms with van der Waals surface area (Å²) in [7, 11) is 0. The highest BCUT2D eigenvalue weighted by molar-refractivity contribution is 5.25. The van der Waals surface area contributed by atoms with Crippen molar-refractivity contribution in [2.75, 3.05) is 0 Å². The quantitative estimate of drug-likeness (QED) is 0.397. The second-order valence-corrected chi connectivity index (χ2v) is 15.4. The van der Waals surface area contributed by atoms with Crippen molar-refractivity contribution in [3.63, 3.8) is 0 Å². The molecule has 2 unspecified atom stereocenters. The molecular weight excluding hydrogens is 392 g/mol. The molecule has 0 radical (unpaired) electrons. The van der Waals surface area contributed by atoms with Crippen LogP contribution in [0.5, 0.6) is 0 Å². The zero-order valence-electron chi connectivity index (χ0n) is 22.2. The SMILES string of the molecule is CC1(C)CC[C@]2(C)C(O)C[C@]3(C)[C@H](CC[C@@H]4[C@@]5(C)C=CC(O)C(C)(C)[C@@H]5CC[C@]43C)[C@@H]2C1. The molecule has 0 amide bonds. The van der Waals surface area contributed by atoms with Crippen molar-refractivity contribution >= 4 is 0 Å². The van der Waals surface area contributed by atoms with E-state index in [1.54, 1.807) is 0 Å². The predicted molar refractivity (Wildman–Crippen MR) is 132 cm³/mol. The Kier molecular flexibility index (Phi) is 4.87. The highest BCUT2D eigenvalue weighted by atomic mass is 16.3. The normalized spacial score (nSPS) is 58.2. The number of rotatable bonds is 0. The molecule has 0 bridgehead atoms. The molecule has 4 saturated carbocycles. The Hall–Kier alpha value is -0.340. The minimum absolute atomic E-state index is 0.0688. The molecule has 0 heterocycles.